The normalized spacial score (nSPS) is 17.3. The molecule has 10 nitrogen and oxygen atoms in total. The van der Waals surface area contributed by atoms with Crippen molar-refractivity contribution in [1.29, 1.82) is 0 Å². The number of carbonyl (C=O) groups excluding carboxylic acids is 1. The molecule has 172 valence electrons. The van der Waals surface area contributed by atoms with E-state index < -0.39 is 21.3 Å². The molecule has 0 bridgehead atoms. The van der Waals surface area contributed by atoms with Gasteiger partial charge in [0.25, 0.3) is 0 Å². The molecule has 0 atom stereocenters. The molecule has 4 heterocycles. The second kappa shape index (κ2) is 7.99. The molecule has 33 heavy (non-hydrogen) atoms. The van der Waals surface area contributed by atoms with Crippen LogP contribution in [0.15, 0.2) is 37.1 Å². The van der Waals surface area contributed by atoms with Crippen molar-refractivity contribution in [3.8, 4) is 10.6 Å². The Bertz CT molecular complexity index is 1290. The van der Waals surface area contributed by atoms with Crippen LogP contribution in [0, 0.1) is 5.82 Å². The SMILES string of the molecule is CS(=O)(=O)N1CC2(CCN(C(=O)Nc3cnccn3)CC2)c2cc(-c3ncns3)c(F)cc21. The van der Waals surface area contributed by atoms with E-state index in [2.05, 4.69) is 24.6 Å². The zero-order valence-electron chi connectivity index (χ0n) is 17.6. The van der Waals surface area contributed by atoms with Crippen molar-refractivity contribution in [3.63, 3.8) is 0 Å². The van der Waals surface area contributed by atoms with Crippen LogP contribution in [0.1, 0.15) is 18.4 Å². The number of urea groups is 1. The van der Waals surface area contributed by atoms with E-state index in [4.69, 9.17) is 0 Å². The number of likely N-dealkylation sites (tertiary alicyclic amines) is 1. The van der Waals surface area contributed by atoms with E-state index in [1.54, 1.807) is 11.0 Å². The van der Waals surface area contributed by atoms with Crippen LogP contribution in [-0.4, -0.2) is 64.6 Å². The molecule has 1 saturated heterocycles. The Morgan fingerprint density at radius 3 is 2.64 bits per heavy atom. The van der Waals surface area contributed by atoms with Gasteiger partial charge in [0.2, 0.25) is 10.0 Å². The minimum atomic E-state index is -3.61. The van der Waals surface area contributed by atoms with Crippen LogP contribution < -0.4 is 9.62 Å². The molecule has 2 aliphatic heterocycles. The standard InChI is InChI=1S/C20H20FN7O3S2/c1-33(30,31)28-11-20(14-8-13(15(21)9-16(14)28)18-24-12-25-32-18)2-6-27(7-3-20)19(29)26-17-10-22-4-5-23-17/h4-5,8-10,12H,2-3,6-7,11H2,1H3,(H,23,26,29). The number of hydrogen-bond donors (Lipinski definition) is 1. The average Bonchev–Trinajstić information content (AvgIpc) is 3.41. The smallest absolute Gasteiger partial charge is 0.323 e. The van der Waals surface area contributed by atoms with Gasteiger partial charge >= 0.3 is 6.03 Å². The summed E-state index contributed by atoms with van der Waals surface area (Å²) in [5.41, 5.74) is 0.873. The summed E-state index contributed by atoms with van der Waals surface area (Å²) in [6.45, 7) is 1.03. The van der Waals surface area contributed by atoms with Gasteiger partial charge < -0.3 is 4.90 Å². The maximum absolute atomic E-state index is 14.9. The van der Waals surface area contributed by atoms with Gasteiger partial charge in [-0.15, -0.1) is 0 Å². The van der Waals surface area contributed by atoms with Crippen molar-refractivity contribution in [2.45, 2.75) is 18.3 Å². The molecule has 2 amide bonds. The first-order chi connectivity index (χ1) is 15.8. The summed E-state index contributed by atoms with van der Waals surface area (Å²) in [6.07, 6.45) is 8.01. The molecule has 0 unspecified atom stereocenters. The summed E-state index contributed by atoms with van der Waals surface area (Å²) in [5.74, 6) is -0.189. The first-order valence-corrected chi connectivity index (χ1v) is 12.8. The molecule has 0 radical (unpaired) electrons. The molecular weight excluding hydrogens is 469 g/mol. The number of sulfonamides is 1. The quantitative estimate of drug-likeness (QED) is 0.600. The third-order valence-electron chi connectivity index (χ3n) is 6.17. The van der Waals surface area contributed by atoms with Gasteiger partial charge in [0.05, 0.1) is 18.1 Å². The minimum Gasteiger partial charge on any atom is -0.324 e. The number of amides is 2. The molecule has 13 heteroatoms. The lowest BCUT2D eigenvalue weighted by Crippen LogP contribution is -2.48. The fourth-order valence-electron chi connectivity index (χ4n) is 4.51. The molecule has 0 saturated carbocycles. The van der Waals surface area contributed by atoms with E-state index in [0.717, 1.165) is 23.4 Å². The van der Waals surface area contributed by atoms with Gasteiger partial charge in [0.1, 0.15) is 17.2 Å². The van der Waals surface area contributed by atoms with Gasteiger partial charge in [-0.05, 0) is 42.1 Å². The monoisotopic (exact) mass is 489 g/mol. The molecule has 2 aliphatic rings. The van der Waals surface area contributed by atoms with E-state index >= 15 is 0 Å². The summed E-state index contributed by atoms with van der Waals surface area (Å²) >= 11 is 1.08. The van der Waals surface area contributed by atoms with Gasteiger partial charge in [-0.1, -0.05) is 0 Å². The summed E-state index contributed by atoms with van der Waals surface area (Å²) in [7, 11) is -3.61. The Morgan fingerprint density at radius 1 is 1.21 bits per heavy atom. The number of nitrogens with one attached hydrogen (secondary N) is 1. The van der Waals surface area contributed by atoms with Crippen LogP contribution in [0.4, 0.5) is 20.7 Å². The van der Waals surface area contributed by atoms with Crippen LogP contribution in [0.25, 0.3) is 10.6 Å². The van der Waals surface area contributed by atoms with Crippen LogP contribution >= 0.6 is 11.5 Å². The summed E-state index contributed by atoms with van der Waals surface area (Å²) in [6, 6.07) is 2.68. The number of fused-ring (bicyclic) bond motifs is 2. The second-order valence-electron chi connectivity index (χ2n) is 8.15. The number of hydrogen-bond acceptors (Lipinski definition) is 8. The van der Waals surface area contributed by atoms with Crippen molar-refractivity contribution in [2.24, 2.45) is 0 Å². The number of aromatic nitrogens is 4. The maximum Gasteiger partial charge on any atom is 0.323 e. The number of rotatable bonds is 3. The predicted molar refractivity (Wildman–Crippen MR) is 121 cm³/mol. The van der Waals surface area contributed by atoms with Crippen LogP contribution in [0.3, 0.4) is 0 Å². The third kappa shape index (κ3) is 3.91. The number of piperidine rings is 1. The van der Waals surface area contributed by atoms with Gasteiger partial charge in [-0.3, -0.25) is 14.6 Å². The number of halogens is 1. The van der Waals surface area contributed by atoms with E-state index in [1.165, 1.54) is 35.3 Å². The molecule has 1 spiro atoms. The van der Waals surface area contributed by atoms with Crippen molar-refractivity contribution in [3.05, 3.63) is 48.4 Å². The van der Waals surface area contributed by atoms with Gasteiger partial charge in [0, 0.05) is 43.0 Å². The third-order valence-corrected chi connectivity index (χ3v) is 7.99. The highest BCUT2D eigenvalue weighted by atomic mass is 32.2. The lowest BCUT2D eigenvalue weighted by atomic mass is 9.74. The highest BCUT2D eigenvalue weighted by Gasteiger charge is 2.48. The number of anilines is 2. The number of benzene rings is 1. The Kier molecular flexibility index (Phi) is 5.24. The molecule has 1 fully saturated rings. The zero-order valence-corrected chi connectivity index (χ0v) is 19.2. The molecule has 1 N–H and O–H groups in total. The lowest BCUT2D eigenvalue weighted by molar-refractivity contribution is 0.173. The van der Waals surface area contributed by atoms with Crippen molar-refractivity contribution in [2.75, 3.05) is 35.5 Å². The minimum absolute atomic E-state index is 0.208. The molecular formula is C20H20FN7O3S2. The molecule has 1 aromatic carbocycles. The second-order valence-corrected chi connectivity index (χ2v) is 10.8. The highest BCUT2D eigenvalue weighted by molar-refractivity contribution is 7.92. The zero-order chi connectivity index (χ0) is 23.2. The summed E-state index contributed by atoms with van der Waals surface area (Å²) < 4.78 is 45.2. The highest BCUT2D eigenvalue weighted by Crippen LogP contribution is 2.49. The predicted octanol–water partition coefficient (Wildman–Crippen LogP) is 2.48. The Hall–Kier alpha value is -3.19. The van der Waals surface area contributed by atoms with E-state index in [1.807, 2.05) is 0 Å². The van der Waals surface area contributed by atoms with Gasteiger partial charge in [-0.2, -0.15) is 4.37 Å². The molecule has 5 rings (SSSR count). The molecule has 3 aromatic rings. The van der Waals surface area contributed by atoms with E-state index in [-0.39, 0.29) is 12.6 Å². The van der Waals surface area contributed by atoms with Gasteiger partial charge in [0.15, 0.2) is 5.82 Å². The van der Waals surface area contributed by atoms with Gasteiger partial charge in [-0.25, -0.2) is 27.6 Å². The first kappa shape index (κ1) is 21.6. The van der Waals surface area contributed by atoms with Crippen LogP contribution in [-0.2, 0) is 15.4 Å². The maximum atomic E-state index is 14.9. The first-order valence-electron chi connectivity index (χ1n) is 10.2. The van der Waals surface area contributed by atoms with Crippen molar-refractivity contribution in [1.82, 2.24) is 24.2 Å². The van der Waals surface area contributed by atoms with E-state index in [0.29, 0.717) is 48.0 Å². The lowest BCUT2D eigenvalue weighted by Gasteiger charge is -2.39. The Morgan fingerprint density at radius 2 is 2.00 bits per heavy atom. The summed E-state index contributed by atoms with van der Waals surface area (Å²) in [4.78, 5) is 26.4. The fourth-order valence-corrected chi connectivity index (χ4v) is 6.04. The van der Waals surface area contributed by atoms with Crippen molar-refractivity contribution < 1.29 is 17.6 Å². The summed E-state index contributed by atoms with van der Waals surface area (Å²) in [5, 5.41) is 3.16. The molecule has 0 aliphatic carbocycles. The molecule has 2 aromatic heterocycles. The largest absolute Gasteiger partial charge is 0.324 e. The van der Waals surface area contributed by atoms with Crippen molar-refractivity contribution >= 4 is 39.1 Å². The topological polar surface area (TPSA) is 121 Å². The Balaban J connectivity index is 1.45. The fraction of sp³-hybridized carbons (Fsp3) is 0.350. The Labute approximate surface area is 193 Å². The number of carbonyl (C=O) groups is 1. The van der Waals surface area contributed by atoms with E-state index in [9.17, 15) is 17.6 Å². The van der Waals surface area contributed by atoms with Crippen LogP contribution in [0.5, 0.6) is 0 Å². The van der Waals surface area contributed by atoms with Crippen LogP contribution in [0.2, 0.25) is 0 Å². The number of nitrogens with zero attached hydrogens (tertiary/aromatic N) is 6. The average molecular weight is 490 g/mol.